The van der Waals surface area contributed by atoms with E-state index in [0.717, 1.165) is 11.3 Å². The van der Waals surface area contributed by atoms with Crippen molar-refractivity contribution in [3.63, 3.8) is 0 Å². The minimum absolute atomic E-state index is 0.229. The Balaban J connectivity index is 2.18. The van der Waals surface area contributed by atoms with Gasteiger partial charge in [0.1, 0.15) is 5.75 Å². The standard InChI is InChI=1S/C12H14O5/c1-2-16-12(14)11(13)8-3-4-10-9(5-8)6-15-7-17-10/h3-5,11,13H,2,6-7H2,1H3. The van der Waals surface area contributed by atoms with E-state index in [2.05, 4.69) is 0 Å². The van der Waals surface area contributed by atoms with E-state index in [1.165, 1.54) is 0 Å². The number of benzene rings is 1. The van der Waals surface area contributed by atoms with Crippen molar-refractivity contribution in [1.29, 1.82) is 0 Å². The van der Waals surface area contributed by atoms with E-state index in [9.17, 15) is 9.90 Å². The first kappa shape index (κ1) is 11.9. The van der Waals surface area contributed by atoms with E-state index in [4.69, 9.17) is 14.2 Å². The minimum Gasteiger partial charge on any atom is -0.467 e. The van der Waals surface area contributed by atoms with E-state index >= 15 is 0 Å². The number of rotatable bonds is 3. The third-order valence-corrected chi connectivity index (χ3v) is 2.47. The fourth-order valence-corrected chi connectivity index (χ4v) is 1.64. The second-order valence-electron chi connectivity index (χ2n) is 3.63. The van der Waals surface area contributed by atoms with Crippen LogP contribution in [0.3, 0.4) is 0 Å². The van der Waals surface area contributed by atoms with Gasteiger partial charge in [0.05, 0.1) is 13.2 Å². The largest absolute Gasteiger partial charge is 0.467 e. The molecule has 1 aromatic rings. The lowest BCUT2D eigenvalue weighted by atomic mass is 10.1. The molecule has 0 aliphatic carbocycles. The highest BCUT2D eigenvalue weighted by molar-refractivity contribution is 5.76. The van der Waals surface area contributed by atoms with Crippen LogP contribution in [0.2, 0.25) is 0 Å². The summed E-state index contributed by atoms with van der Waals surface area (Å²) in [4.78, 5) is 11.4. The van der Waals surface area contributed by atoms with Gasteiger partial charge in [-0.3, -0.25) is 0 Å². The van der Waals surface area contributed by atoms with Gasteiger partial charge in [-0.15, -0.1) is 0 Å². The molecule has 2 rings (SSSR count). The molecule has 0 radical (unpaired) electrons. The molecular formula is C12H14O5. The van der Waals surface area contributed by atoms with Crippen molar-refractivity contribution in [2.24, 2.45) is 0 Å². The van der Waals surface area contributed by atoms with Crippen molar-refractivity contribution < 1.29 is 24.1 Å². The lowest BCUT2D eigenvalue weighted by molar-refractivity contribution is -0.153. The Hall–Kier alpha value is -1.59. The maximum absolute atomic E-state index is 11.4. The van der Waals surface area contributed by atoms with Gasteiger partial charge < -0.3 is 19.3 Å². The molecule has 1 heterocycles. The molecule has 1 unspecified atom stereocenters. The van der Waals surface area contributed by atoms with Crippen molar-refractivity contribution in [1.82, 2.24) is 0 Å². The van der Waals surface area contributed by atoms with Crippen LogP contribution in [0.1, 0.15) is 24.2 Å². The van der Waals surface area contributed by atoms with E-state index in [1.54, 1.807) is 25.1 Å². The topological polar surface area (TPSA) is 65.0 Å². The van der Waals surface area contributed by atoms with Crippen molar-refractivity contribution in [3.8, 4) is 5.75 Å². The van der Waals surface area contributed by atoms with Crippen LogP contribution < -0.4 is 4.74 Å². The van der Waals surface area contributed by atoms with Gasteiger partial charge in [0.25, 0.3) is 0 Å². The summed E-state index contributed by atoms with van der Waals surface area (Å²) in [6.07, 6.45) is -1.26. The second kappa shape index (κ2) is 5.16. The maximum atomic E-state index is 11.4. The minimum atomic E-state index is -1.26. The number of carbonyl (C=O) groups is 1. The van der Waals surface area contributed by atoms with Crippen LogP contribution in [0, 0.1) is 0 Å². The molecule has 1 aromatic carbocycles. The van der Waals surface area contributed by atoms with Gasteiger partial charge in [-0.1, -0.05) is 6.07 Å². The van der Waals surface area contributed by atoms with E-state index in [1.807, 2.05) is 0 Å². The summed E-state index contributed by atoms with van der Waals surface area (Å²) < 4.78 is 15.1. The fraction of sp³-hybridized carbons (Fsp3) is 0.417. The van der Waals surface area contributed by atoms with E-state index < -0.39 is 12.1 Å². The zero-order valence-electron chi connectivity index (χ0n) is 9.51. The summed E-state index contributed by atoms with van der Waals surface area (Å²) in [6, 6.07) is 5.05. The summed E-state index contributed by atoms with van der Waals surface area (Å²) in [5.74, 6) is 0.0705. The van der Waals surface area contributed by atoms with Crippen LogP contribution in [-0.4, -0.2) is 24.5 Å². The average molecular weight is 238 g/mol. The predicted octanol–water partition coefficient (Wildman–Crippen LogP) is 1.15. The first-order valence-corrected chi connectivity index (χ1v) is 5.40. The Morgan fingerprint density at radius 1 is 1.59 bits per heavy atom. The molecule has 1 aliphatic heterocycles. The Morgan fingerprint density at radius 2 is 2.41 bits per heavy atom. The highest BCUT2D eigenvalue weighted by Gasteiger charge is 2.20. The molecule has 1 aliphatic rings. The Morgan fingerprint density at radius 3 is 3.18 bits per heavy atom. The Kier molecular flexibility index (Phi) is 3.61. The summed E-state index contributed by atoms with van der Waals surface area (Å²) in [7, 11) is 0. The summed E-state index contributed by atoms with van der Waals surface area (Å²) >= 11 is 0. The summed E-state index contributed by atoms with van der Waals surface area (Å²) in [5, 5.41) is 9.77. The molecule has 0 spiro atoms. The fourth-order valence-electron chi connectivity index (χ4n) is 1.64. The van der Waals surface area contributed by atoms with Gasteiger partial charge >= 0.3 is 5.97 Å². The number of fused-ring (bicyclic) bond motifs is 1. The zero-order valence-corrected chi connectivity index (χ0v) is 9.51. The average Bonchev–Trinajstić information content (AvgIpc) is 2.37. The van der Waals surface area contributed by atoms with Crippen molar-refractivity contribution in [2.45, 2.75) is 19.6 Å². The van der Waals surface area contributed by atoms with Crippen LogP contribution in [0.25, 0.3) is 0 Å². The first-order chi connectivity index (χ1) is 8.22. The summed E-state index contributed by atoms with van der Waals surface area (Å²) in [5.41, 5.74) is 1.30. The number of aliphatic hydroxyl groups excluding tert-OH is 1. The Labute approximate surface area is 98.9 Å². The number of hydrogen-bond acceptors (Lipinski definition) is 5. The molecule has 0 fully saturated rings. The van der Waals surface area contributed by atoms with Crippen LogP contribution in [0.5, 0.6) is 5.75 Å². The lowest BCUT2D eigenvalue weighted by Gasteiger charge is -2.19. The molecule has 0 amide bonds. The van der Waals surface area contributed by atoms with Crippen LogP contribution >= 0.6 is 0 Å². The molecule has 1 N–H and O–H groups in total. The molecule has 0 saturated heterocycles. The second-order valence-corrected chi connectivity index (χ2v) is 3.63. The highest BCUT2D eigenvalue weighted by atomic mass is 16.7. The number of esters is 1. The van der Waals surface area contributed by atoms with Crippen molar-refractivity contribution in [2.75, 3.05) is 13.4 Å². The maximum Gasteiger partial charge on any atom is 0.339 e. The molecule has 5 heteroatoms. The molecular weight excluding hydrogens is 224 g/mol. The molecule has 17 heavy (non-hydrogen) atoms. The van der Waals surface area contributed by atoms with Crippen LogP contribution in [0.4, 0.5) is 0 Å². The molecule has 92 valence electrons. The van der Waals surface area contributed by atoms with E-state index in [-0.39, 0.29) is 13.4 Å². The smallest absolute Gasteiger partial charge is 0.339 e. The third-order valence-electron chi connectivity index (χ3n) is 2.47. The van der Waals surface area contributed by atoms with Gasteiger partial charge in [0, 0.05) is 5.56 Å². The van der Waals surface area contributed by atoms with Gasteiger partial charge in [-0.25, -0.2) is 4.79 Å². The monoisotopic (exact) mass is 238 g/mol. The molecule has 0 saturated carbocycles. The molecule has 0 bridgehead atoms. The summed E-state index contributed by atoms with van der Waals surface area (Å²) in [6.45, 7) is 2.58. The normalized spacial score (nSPS) is 15.6. The van der Waals surface area contributed by atoms with Gasteiger partial charge in [-0.2, -0.15) is 0 Å². The lowest BCUT2D eigenvalue weighted by Crippen LogP contribution is -2.17. The third kappa shape index (κ3) is 2.57. The number of ether oxygens (including phenoxy) is 3. The first-order valence-electron chi connectivity index (χ1n) is 5.40. The van der Waals surface area contributed by atoms with Gasteiger partial charge in [0.15, 0.2) is 12.9 Å². The molecule has 0 aromatic heterocycles. The van der Waals surface area contributed by atoms with Gasteiger partial charge in [-0.05, 0) is 24.6 Å². The molecule has 5 nitrogen and oxygen atoms in total. The number of carbonyl (C=O) groups excluding carboxylic acids is 1. The van der Waals surface area contributed by atoms with Crippen LogP contribution in [-0.2, 0) is 20.9 Å². The number of aliphatic hydroxyl groups is 1. The zero-order chi connectivity index (χ0) is 12.3. The number of hydrogen-bond donors (Lipinski definition) is 1. The van der Waals surface area contributed by atoms with Gasteiger partial charge in [0.2, 0.25) is 0 Å². The van der Waals surface area contributed by atoms with E-state index in [0.29, 0.717) is 12.2 Å². The predicted molar refractivity (Wildman–Crippen MR) is 58.3 cm³/mol. The quantitative estimate of drug-likeness (QED) is 0.800. The SMILES string of the molecule is CCOC(=O)C(O)c1ccc2c(c1)COCO2. The van der Waals surface area contributed by atoms with Crippen LogP contribution in [0.15, 0.2) is 18.2 Å². The Bertz CT molecular complexity index is 415. The highest BCUT2D eigenvalue weighted by Crippen LogP contribution is 2.27. The molecule has 1 atom stereocenters. The van der Waals surface area contributed by atoms with Crippen molar-refractivity contribution >= 4 is 5.97 Å². The van der Waals surface area contributed by atoms with Crippen molar-refractivity contribution in [3.05, 3.63) is 29.3 Å².